The molecule has 2 N–H and O–H groups in total. The highest BCUT2D eigenvalue weighted by molar-refractivity contribution is 7.98. The first-order valence-electron chi connectivity index (χ1n) is 8.99. The Morgan fingerprint density at radius 3 is 2.66 bits per heavy atom. The summed E-state index contributed by atoms with van der Waals surface area (Å²) in [7, 11) is 0. The second-order valence-electron chi connectivity index (χ2n) is 6.66. The van der Waals surface area contributed by atoms with Gasteiger partial charge >= 0.3 is 5.63 Å². The second kappa shape index (κ2) is 7.57. The van der Waals surface area contributed by atoms with Crippen LogP contribution < -0.4 is 11.5 Å². The Labute approximate surface area is 175 Å². The van der Waals surface area contributed by atoms with Gasteiger partial charge in [-0.05, 0) is 49.6 Å². The fourth-order valence-corrected chi connectivity index (χ4v) is 4.30. The number of nitrogen functional groups attached to an aromatic ring is 1. The average Bonchev–Trinajstić information content (AvgIpc) is 3.20. The summed E-state index contributed by atoms with van der Waals surface area (Å²) in [4.78, 5) is 12.0. The van der Waals surface area contributed by atoms with Crippen molar-refractivity contribution in [1.29, 1.82) is 0 Å². The molecule has 0 aliphatic heterocycles. The van der Waals surface area contributed by atoms with Gasteiger partial charge < -0.3 is 10.3 Å². The maximum absolute atomic E-state index is 12.0. The number of hydrogen-bond acceptors (Lipinski definition) is 7. The van der Waals surface area contributed by atoms with Crippen LogP contribution in [0.15, 0.2) is 38.6 Å². The molecule has 3 heterocycles. The van der Waals surface area contributed by atoms with E-state index in [1.165, 1.54) is 22.5 Å². The maximum atomic E-state index is 12.0. The average molecular weight is 431 g/mol. The molecule has 0 atom stereocenters. The number of halogens is 1. The lowest BCUT2D eigenvalue weighted by Gasteiger charge is -2.08. The van der Waals surface area contributed by atoms with Crippen LogP contribution in [0.25, 0.3) is 16.9 Å². The van der Waals surface area contributed by atoms with Gasteiger partial charge in [-0.15, -0.1) is 10.2 Å². The molecule has 29 heavy (non-hydrogen) atoms. The molecule has 0 aliphatic rings. The Hall–Kier alpha value is -2.78. The van der Waals surface area contributed by atoms with Crippen molar-refractivity contribution in [3.63, 3.8) is 0 Å². The zero-order valence-electron chi connectivity index (χ0n) is 16.1. The number of nitrogens with zero attached hydrogens (tertiary/aromatic N) is 5. The van der Waals surface area contributed by atoms with Crippen LogP contribution in [0.1, 0.15) is 29.4 Å². The van der Waals surface area contributed by atoms with Crippen molar-refractivity contribution in [3.8, 4) is 5.95 Å². The smallest absolute Gasteiger partial charge is 0.336 e. The SMILES string of the molecule is CCc1cc2oc(=O)cc(CSc3nnc(-n4nc(C)cc4C)n3N)c2cc1Cl. The van der Waals surface area contributed by atoms with E-state index in [2.05, 4.69) is 15.3 Å². The van der Waals surface area contributed by atoms with Crippen LogP contribution in [0.3, 0.4) is 0 Å². The Morgan fingerprint density at radius 1 is 1.17 bits per heavy atom. The molecule has 0 unspecified atom stereocenters. The standard InChI is InChI=1S/C19H19ClN6O2S/c1-4-12-6-16-14(8-15(12)20)13(7-17(27)28-16)9-29-19-23-22-18(25(19)21)26-11(3)5-10(2)24-26/h5-8H,4,9,21H2,1-3H3. The number of hydrogen-bond donors (Lipinski definition) is 1. The fraction of sp³-hybridized carbons (Fsp3) is 0.263. The summed E-state index contributed by atoms with van der Waals surface area (Å²) in [6.45, 7) is 5.82. The number of fused-ring (bicyclic) bond motifs is 1. The third-order valence-corrected chi connectivity index (χ3v) is 5.92. The summed E-state index contributed by atoms with van der Waals surface area (Å²) < 4.78 is 8.39. The van der Waals surface area contributed by atoms with Gasteiger partial charge in [0.1, 0.15) is 5.58 Å². The molecule has 4 rings (SSSR count). The van der Waals surface area contributed by atoms with Gasteiger partial charge in [0.15, 0.2) is 0 Å². The molecule has 0 saturated heterocycles. The summed E-state index contributed by atoms with van der Waals surface area (Å²) >= 11 is 7.73. The molecule has 0 saturated carbocycles. The van der Waals surface area contributed by atoms with E-state index in [9.17, 15) is 4.79 Å². The molecule has 0 amide bonds. The van der Waals surface area contributed by atoms with Crippen LogP contribution in [0.5, 0.6) is 0 Å². The number of rotatable bonds is 5. The lowest BCUT2D eigenvalue weighted by atomic mass is 10.1. The Kier molecular flexibility index (Phi) is 5.10. The molecule has 0 radical (unpaired) electrons. The molecule has 0 fully saturated rings. The van der Waals surface area contributed by atoms with Gasteiger partial charge in [0.25, 0.3) is 5.95 Å². The highest BCUT2D eigenvalue weighted by Gasteiger charge is 2.16. The summed E-state index contributed by atoms with van der Waals surface area (Å²) in [5, 5.41) is 14.7. The highest BCUT2D eigenvalue weighted by atomic mass is 35.5. The molecule has 0 spiro atoms. The van der Waals surface area contributed by atoms with Crippen LogP contribution in [0.2, 0.25) is 5.02 Å². The molecule has 8 nitrogen and oxygen atoms in total. The van der Waals surface area contributed by atoms with E-state index in [0.717, 1.165) is 34.3 Å². The highest BCUT2D eigenvalue weighted by Crippen LogP contribution is 2.29. The monoisotopic (exact) mass is 430 g/mol. The predicted octanol–water partition coefficient (Wildman–Crippen LogP) is 3.41. The summed E-state index contributed by atoms with van der Waals surface area (Å²) in [6.07, 6.45) is 0.753. The third-order valence-electron chi connectivity index (χ3n) is 4.58. The second-order valence-corrected chi connectivity index (χ2v) is 8.01. The quantitative estimate of drug-likeness (QED) is 0.294. The minimum atomic E-state index is -0.407. The van der Waals surface area contributed by atoms with E-state index in [-0.39, 0.29) is 0 Å². The topological polar surface area (TPSA) is 105 Å². The maximum Gasteiger partial charge on any atom is 0.336 e. The third kappa shape index (κ3) is 3.63. The zero-order valence-corrected chi connectivity index (χ0v) is 17.7. The minimum absolute atomic E-state index is 0.407. The molecule has 0 aliphatic carbocycles. The van der Waals surface area contributed by atoms with Gasteiger partial charge in [0.05, 0.1) is 5.69 Å². The number of aromatic nitrogens is 5. The van der Waals surface area contributed by atoms with Crippen molar-refractivity contribution in [3.05, 3.63) is 62.2 Å². The van der Waals surface area contributed by atoms with Crippen molar-refractivity contribution in [2.24, 2.45) is 0 Å². The first kappa shape index (κ1) is 19.5. The molecule has 150 valence electrons. The summed E-state index contributed by atoms with van der Waals surface area (Å²) in [5.74, 6) is 7.07. The van der Waals surface area contributed by atoms with Crippen molar-refractivity contribution in [2.45, 2.75) is 38.1 Å². The van der Waals surface area contributed by atoms with Crippen LogP contribution in [-0.4, -0.2) is 24.7 Å². The lowest BCUT2D eigenvalue weighted by Crippen LogP contribution is -2.17. The van der Waals surface area contributed by atoms with E-state index in [4.69, 9.17) is 21.9 Å². The molecule has 0 bridgehead atoms. The normalized spacial score (nSPS) is 11.4. The minimum Gasteiger partial charge on any atom is -0.423 e. The van der Waals surface area contributed by atoms with Crippen molar-refractivity contribution in [2.75, 3.05) is 5.84 Å². The first-order valence-corrected chi connectivity index (χ1v) is 10.4. The van der Waals surface area contributed by atoms with Gasteiger partial charge in [0.2, 0.25) is 5.16 Å². The number of thioether (sulfide) groups is 1. The molecular weight excluding hydrogens is 412 g/mol. The van der Waals surface area contributed by atoms with Crippen molar-refractivity contribution < 1.29 is 4.42 Å². The van der Waals surface area contributed by atoms with Crippen molar-refractivity contribution >= 4 is 34.3 Å². The van der Waals surface area contributed by atoms with E-state index >= 15 is 0 Å². The number of benzene rings is 1. The zero-order chi connectivity index (χ0) is 20.7. The molecule has 3 aromatic heterocycles. The van der Waals surface area contributed by atoms with E-state index in [1.54, 1.807) is 4.68 Å². The Morgan fingerprint density at radius 2 is 1.97 bits per heavy atom. The van der Waals surface area contributed by atoms with E-state index in [0.29, 0.717) is 27.5 Å². The molecular formula is C19H19ClN6O2S. The van der Waals surface area contributed by atoms with Crippen LogP contribution in [0.4, 0.5) is 0 Å². The van der Waals surface area contributed by atoms with Crippen LogP contribution in [-0.2, 0) is 12.2 Å². The van der Waals surface area contributed by atoms with Gasteiger partial charge in [-0.3, -0.25) is 0 Å². The molecule has 1 aromatic carbocycles. The molecule has 10 heteroatoms. The first-order chi connectivity index (χ1) is 13.9. The Balaban J connectivity index is 1.66. The fourth-order valence-electron chi connectivity index (χ4n) is 3.16. The van der Waals surface area contributed by atoms with Gasteiger partial charge in [-0.25, -0.2) is 14.2 Å². The summed E-state index contributed by atoms with van der Waals surface area (Å²) in [6, 6.07) is 7.06. The van der Waals surface area contributed by atoms with Crippen molar-refractivity contribution in [1.82, 2.24) is 24.7 Å². The number of aryl methyl sites for hydroxylation is 3. The Bertz CT molecular complexity index is 1280. The van der Waals surface area contributed by atoms with E-state index in [1.807, 2.05) is 39.0 Å². The predicted molar refractivity (Wildman–Crippen MR) is 113 cm³/mol. The van der Waals surface area contributed by atoms with Gasteiger partial charge in [-0.2, -0.15) is 5.10 Å². The van der Waals surface area contributed by atoms with Crippen LogP contribution in [0, 0.1) is 13.8 Å². The summed E-state index contributed by atoms with van der Waals surface area (Å²) in [5.41, 5.74) is 3.61. The number of nitrogens with two attached hydrogens (primary N) is 1. The lowest BCUT2D eigenvalue weighted by molar-refractivity contribution is 0.559. The van der Waals surface area contributed by atoms with Gasteiger partial charge in [0, 0.05) is 27.9 Å². The largest absolute Gasteiger partial charge is 0.423 e. The van der Waals surface area contributed by atoms with Gasteiger partial charge in [-0.1, -0.05) is 30.3 Å². The van der Waals surface area contributed by atoms with Crippen LogP contribution >= 0.6 is 23.4 Å². The molecule has 4 aromatic rings. The van der Waals surface area contributed by atoms with E-state index < -0.39 is 5.63 Å².